The standard InChI is InChI=1S/C16H14INO/c1-12(11-18)16(19,13-6-3-2-4-7-13)14-8-5-9-15(17)10-14/h2-10,12,19H,1H3. The molecule has 19 heavy (non-hydrogen) atoms. The van der Waals surface area contributed by atoms with Crippen LogP contribution < -0.4 is 0 Å². The fourth-order valence-electron chi connectivity index (χ4n) is 2.18. The van der Waals surface area contributed by atoms with Gasteiger partial charge in [0, 0.05) is 3.57 Å². The Morgan fingerprint density at radius 2 is 1.74 bits per heavy atom. The molecule has 2 aromatic rings. The van der Waals surface area contributed by atoms with Crippen molar-refractivity contribution in [2.45, 2.75) is 12.5 Å². The molecule has 2 aromatic carbocycles. The zero-order valence-electron chi connectivity index (χ0n) is 10.5. The highest BCUT2D eigenvalue weighted by atomic mass is 127. The summed E-state index contributed by atoms with van der Waals surface area (Å²) < 4.78 is 1.04. The van der Waals surface area contributed by atoms with E-state index in [1.54, 1.807) is 6.92 Å². The van der Waals surface area contributed by atoms with E-state index in [2.05, 4.69) is 28.7 Å². The lowest BCUT2D eigenvalue weighted by Crippen LogP contribution is -2.34. The Hall–Kier alpha value is -1.38. The minimum Gasteiger partial charge on any atom is -0.379 e. The molecule has 2 unspecified atom stereocenters. The highest BCUT2D eigenvalue weighted by Gasteiger charge is 2.37. The van der Waals surface area contributed by atoms with Crippen LogP contribution in [0.3, 0.4) is 0 Å². The molecule has 3 heteroatoms. The quantitative estimate of drug-likeness (QED) is 0.846. The molecule has 0 saturated heterocycles. The van der Waals surface area contributed by atoms with E-state index in [9.17, 15) is 10.4 Å². The summed E-state index contributed by atoms with van der Waals surface area (Å²) in [7, 11) is 0. The van der Waals surface area contributed by atoms with E-state index in [4.69, 9.17) is 0 Å². The van der Waals surface area contributed by atoms with Crippen LogP contribution in [-0.4, -0.2) is 5.11 Å². The largest absolute Gasteiger partial charge is 0.379 e. The number of halogens is 1. The van der Waals surface area contributed by atoms with Gasteiger partial charge < -0.3 is 5.11 Å². The van der Waals surface area contributed by atoms with Gasteiger partial charge in [-0.25, -0.2) is 0 Å². The molecule has 96 valence electrons. The van der Waals surface area contributed by atoms with E-state index in [1.807, 2.05) is 54.6 Å². The van der Waals surface area contributed by atoms with E-state index in [0.717, 1.165) is 14.7 Å². The van der Waals surface area contributed by atoms with Crippen LogP contribution in [0.5, 0.6) is 0 Å². The molecule has 0 aromatic heterocycles. The van der Waals surface area contributed by atoms with Crippen molar-refractivity contribution in [3.05, 3.63) is 69.3 Å². The van der Waals surface area contributed by atoms with Gasteiger partial charge in [-0.2, -0.15) is 5.26 Å². The molecule has 2 rings (SSSR count). The van der Waals surface area contributed by atoms with Gasteiger partial charge in [-0.15, -0.1) is 0 Å². The Kier molecular flexibility index (Phi) is 4.23. The van der Waals surface area contributed by atoms with Crippen molar-refractivity contribution < 1.29 is 5.11 Å². The van der Waals surface area contributed by atoms with Crippen LogP contribution in [0.2, 0.25) is 0 Å². The minimum atomic E-state index is -1.28. The number of nitriles is 1. The molecule has 0 amide bonds. The number of nitrogens with zero attached hydrogens (tertiary/aromatic N) is 1. The van der Waals surface area contributed by atoms with Crippen molar-refractivity contribution >= 4 is 22.6 Å². The van der Waals surface area contributed by atoms with Crippen LogP contribution in [0.1, 0.15) is 18.1 Å². The number of hydrogen-bond acceptors (Lipinski definition) is 2. The fourth-order valence-corrected chi connectivity index (χ4v) is 2.72. The second-order valence-corrected chi connectivity index (χ2v) is 5.74. The number of aliphatic hydroxyl groups is 1. The van der Waals surface area contributed by atoms with Crippen molar-refractivity contribution in [3.63, 3.8) is 0 Å². The maximum atomic E-state index is 11.1. The highest BCUT2D eigenvalue weighted by molar-refractivity contribution is 14.1. The molecule has 0 saturated carbocycles. The van der Waals surface area contributed by atoms with Gasteiger partial charge >= 0.3 is 0 Å². The summed E-state index contributed by atoms with van der Waals surface area (Å²) in [6.07, 6.45) is 0. The predicted octanol–water partition coefficient (Wildman–Crippen LogP) is 3.69. The molecule has 0 radical (unpaired) electrons. The third kappa shape index (κ3) is 2.65. The molecular weight excluding hydrogens is 349 g/mol. The van der Waals surface area contributed by atoms with Crippen LogP contribution in [0.4, 0.5) is 0 Å². The molecule has 0 aliphatic heterocycles. The van der Waals surface area contributed by atoms with E-state index < -0.39 is 11.5 Å². The Balaban J connectivity index is 2.63. The van der Waals surface area contributed by atoms with E-state index in [-0.39, 0.29) is 0 Å². The summed E-state index contributed by atoms with van der Waals surface area (Å²) in [5.74, 6) is -0.534. The number of benzene rings is 2. The van der Waals surface area contributed by atoms with Gasteiger partial charge in [0.25, 0.3) is 0 Å². The zero-order valence-corrected chi connectivity index (χ0v) is 12.7. The maximum Gasteiger partial charge on any atom is 0.130 e. The summed E-state index contributed by atoms with van der Waals surface area (Å²) in [6.45, 7) is 1.74. The van der Waals surface area contributed by atoms with Crippen LogP contribution >= 0.6 is 22.6 Å². The third-order valence-electron chi connectivity index (χ3n) is 3.30. The normalized spacial score (nSPS) is 15.3. The Morgan fingerprint density at radius 3 is 2.32 bits per heavy atom. The Bertz CT molecular complexity index is 606. The average molecular weight is 363 g/mol. The fraction of sp³-hybridized carbons (Fsp3) is 0.188. The lowest BCUT2D eigenvalue weighted by molar-refractivity contribution is 0.0463. The van der Waals surface area contributed by atoms with Gasteiger partial charge in [0.05, 0.1) is 12.0 Å². The molecule has 0 heterocycles. The van der Waals surface area contributed by atoms with Gasteiger partial charge in [0.2, 0.25) is 0 Å². The summed E-state index contributed by atoms with van der Waals surface area (Å²) in [5, 5.41) is 20.4. The first-order valence-corrected chi connectivity index (χ1v) is 7.10. The van der Waals surface area contributed by atoms with E-state index >= 15 is 0 Å². The van der Waals surface area contributed by atoms with Crippen molar-refractivity contribution in [1.29, 1.82) is 5.26 Å². The SMILES string of the molecule is CC(C#N)C(O)(c1ccccc1)c1cccc(I)c1. The van der Waals surface area contributed by atoms with Crippen LogP contribution in [0, 0.1) is 20.8 Å². The topological polar surface area (TPSA) is 44.0 Å². The molecule has 2 atom stereocenters. The van der Waals surface area contributed by atoms with Gasteiger partial charge in [-0.1, -0.05) is 42.5 Å². The van der Waals surface area contributed by atoms with Crippen LogP contribution in [0.25, 0.3) is 0 Å². The second-order valence-electron chi connectivity index (χ2n) is 4.49. The second kappa shape index (κ2) is 5.72. The maximum absolute atomic E-state index is 11.1. The Morgan fingerprint density at radius 1 is 1.11 bits per heavy atom. The summed E-state index contributed by atoms with van der Waals surface area (Å²) in [6, 6.07) is 19.2. The molecular formula is C16H14INO. The predicted molar refractivity (Wildman–Crippen MR) is 83.4 cm³/mol. The summed E-state index contributed by atoms with van der Waals surface area (Å²) in [4.78, 5) is 0. The number of hydrogen-bond donors (Lipinski definition) is 1. The lowest BCUT2D eigenvalue weighted by Gasteiger charge is -2.31. The van der Waals surface area contributed by atoms with Crippen molar-refractivity contribution in [2.75, 3.05) is 0 Å². The van der Waals surface area contributed by atoms with Crippen LogP contribution in [0.15, 0.2) is 54.6 Å². The monoisotopic (exact) mass is 363 g/mol. The Labute approximate surface area is 126 Å². The van der Waals surface area contributed by atoms with Gasteiger partial charge in [0.15, 0.2) is 0 Å². The molecule has 0 fully saturated rings. The average Bonchev–Trinajstić information content (AvgIpc) is 2.46. The molecule has 1 N–H and O–H groups in total. The first-order valence-electron chi connectivity index (χ1n) is 6.02. The first-order chi connectivity index (χ1) is 9.09. The molecule has 0 aliphatic carbocycles. The van der Waals surface area contributed by atoms with Crippen molar-refractivity contribution in [1.82, 2.24) is 0 Å². The van der Waals surface area contributed by atoms with Crippen molar-refractivity contribution in [3.8, 4) is 6.07 Å². The highest BCUT2D eigenvalue weighted by Crippen LogP contribution is 2.36. The summed E-state index contributed by atoms with van der Waals surface area (Å²) >= 11 is 2.21. The van der Waals surface area contributed by atoms with E-state index in [0.29, 0.717) is 0 Å². The zero-order chi connectivity index (χ0) is 13.9. The van der Waals surface area contributed by atoms with Crippen molar-refractivity contribution in [2.24, 2.45) is 5.92 Å². The third-order valence-corrected chi connectivity index (χ3v) is 3.97. The molecule has 0 aliphatic rings. The lowest BCUT2D eigenvalue weighted by atomic mass is 9.77. The molecule has 0 spiro atoms. The summed E-state index contributed by atoms with van der Waals surface area (Å²) in [5.41, 5.74) is 0.211. The first kappa shape index (κ1) is 14.0. The molecule has 2 nitrogen and oxygen atoms in total. The molecule has 0 bridgehead atoms. The minimum absolute atomic E-state index is 0.534. The van der Waals surface area contributed by atoms with Gasteiger partial charge in [0.1, 0.15) is 5.60 Å². The van der Waals surface area contributed by atoms with Gasteiger partial charge in [-0.3, -0.25) is 0 Å². The van der Waals surface area contributed by atoms with E-state index in [1.165, 1.54) is 0 Å². The van der Waals surface area contributed by atoms with Crippen LogP contribution in [-0.2, 0) is 5.60 Å². The number of rotatable bonds is 3. The van der Waals surface area contributed by atoms with Gasteiger partial charge in [-0.05, 0) is 52.8 Å². The smallest absolute Gasteiger partial charge is 0.130 e.